The Bertz CT molecular complexity index is 901. The Hall–Kier alpha value is -2.57. The maximum atomic E-state index is 15.4. The smallest absolute Gasteiger partial charge is 0.274 e. The molecule has 31 heavy (non-hydrogen) atoms. The van der Waals surface area contributed by atoms with Crippen LogP contribution < -0.4 is 15.4 Å². The lowest BCUT2D eigenvalue weighted by molar-refractivity contribution is 0.0932. The van der Waals surface area contributed by atoms with Crippen molar-refractivity contribution in [1.82, 2.24) is 15.1 Å². The maximum Gasteiger partial charge on any atom is 0.274 e. The average molecular weight is 431 g/mol. The van der Waals surface area contributed by atoms with Crippen molar-refractivity contribution in [3.05, 3.63) is 29.7 Å². The molecule has 2 aromatic rings. The summed E-state index contributed by atoms with van der Waals surface area (Å²) >= 11 is 0. The van der Waals surface area contributed by atoms with Gasteiger partial charge in [-0.05, 0) is 57.6 Å². The highest BCUT2D eigenvalue weighted by molar-refractivity contribution is 5.94. The highest BCUT2D eigenvalue weighted by Gasteiger charge is 2.27. The zero-order chi connectivity index (χ0) is 22.5. The molecule has 0 aliphatic heterocycles. The summed E-state index contributed by atoms with van der Waals surface area (Å²) in [5.41, 5.74) is 1.57. The van der Waals surface area contributed by atoms with E-state index in [1.807, 2.05) is 32.9 Å². The first-order chi connectivity index (χ1) is 14.8. The number of hydrogen-bond acceptors (Lipinski definition) is 4. The van der Waals surface area contributed by atoms with Crippen molar-refractivity contribution in [2.24, 2.45) is 11.8 Å². The van der Waals surface area contributed by atoms with Gasteiger partial charge in [0.2, 0.25) is 0 Å². The molecule has 1 aliphatic rings. The number of methoxy groups -OCH3 is 1. The summed E-state index contributed by atoms with van der Waals surface area (Å²) in [5.74, 6) is 0.671. The summed E-state index contributed by atoms with van der Waals surface area (Å²) in [6, 6.07) is 5.79. The number of rotatable bonds is 8. The SMILES string of the molecule is CCn1nc(C(=O)NCC2CCC(C)CC2)c(F)c1-c1ccc(NC(C)C)cc1OC. The third-order valence-electron chi connectivity index (χ3n) is 6.01. The zero-order valence-corrected chi connectivity index (χ0v) is 19.3. The molecular formula is C24H35FN4O2. The quantitative estimate of drug-likeness (QED) is 0.612. The number of hydrogen-bond donors (Lipinski definition) is 2. The third-order valence-corrected chi connectivity index (χ3v) is 6.01. The molecule has 0 saturated heterocycles. The van der Waals surface area contributed by atoms with E-state index in [0.29, 0.717) is 30.3 Å². The van der Waals surface area contributed by atoms with Crippen LogP contribution in [0.25, 0.3) is 11.3 Å². The molecule has 3 rings (SSSR count). The lowest BCUT2D eigenvalue weighted by Gasteiger charge is -2.26. The van der Waals surface area contributed by atoms with Crippen LogP contribution in [0.4, 0.5) is 10.1 Å². The van der Waals surface area contributed by atoms with Gasteiger partial charge in [-0.2, -0.15) is 5.10 Å². The maximum absolute atomic E-state index is 15.4. The van der Waals surface area contributed by atoms with Crippen LogP contribution in [0.3, 0.4) is 0 Å². The number of nitrogens with one attached hydrogen (secondary N) is 2. The minimum Gasteiger partial charge on any atom is -0.496 e. The molecule has 0 spiro atoms. The summed E-state index contributed by atoms with van der Waals surface area (Å²) in [6.07, 6.45) is 4.58. The van der Waals surface area contributed by atoms with Crippen molar-refractivity contribution in [3.8, 4) is 17.0 Å². The first-order valence-electron chi connectivity index (χ1n) is 11.3. The highest BCUT2D eigenvalue weighted by Crippen LogP contribution is 2.35. The van der Waals surface area contributed by atoms with Crippen molar-refractivity contribution in [3.63, 3.8) is 0 Å². The van der Waals surface area contributed by atoms with Crippen molar-refractivity contribution < 1.29 is 13.9 Å². The first-order valence-corrected chi connectivity index (χ1v) is 11.3. The van der Waals surface area contributed by atoms with Crippen LogP contribution in [-0.2, 0) is 6.54 Å². The fraction of sp³-hybridized carbons (Fsp3) is 0.583. The molecule has 0 radical (unpaired) electrons. The molecule has 1 amide bonds. The van der Waals surface area contributed by atoms with E-state index in [1.54, 1.807) is 13.2 Å². The van der Waals surface area contributed by atoms with Gasteiger partial charge in [-0.25, -0.2) is 4.39 Å². The van der Waals surface area contributed by atoms with Gasteiger partial charge in [0, 0.05) is 36.4 Å². The normalized spacial score (nSPS) is 18.8. The molecule has 1 aromatic carbocycles. The van der Waals surface area contributed by atoms with Gasteiger partial charge >= 0.3 is 0 Å². The van der Waals surface area contributed by atoms with Crippen LogP contribution in [0, 0.1) is 17.7 Å². The Kier molecular flexibility index (Phi) is 7.57. The van der Waals surface area contributed by atoms with E-state index in [-0.39, 0.29) is 17.4 Å². The Morgan fingerprint density at radius 2 is 2.00 bits per heavy atom. The second-order valence-electron chi connectivity index (χ2n) is 8.88. The number of anilines is 1. The average Bonchev–Trinajstić information content (AvgIpc) is 3.08. The fourth-order valence-electron chi connectivity index (χ4n) is 4.24. The van der Waals surface area contributed by atoms with E-state index >= 15 is 4.39 Å². The van der Waals surface area contributed by atoms with E-state index in [0.717, 1.165) is 24.4 Å². The second-order valence-corrected chi connectivity index (χ2v) is 8.88. The predicted octanol–water partition coefficient (Wildman–Crippen LogP) is 5.09. The molecule has 1 heterocycles. The zero-order valence-electron chi connectivity index (χ0n) is 19.3. The minimum absolute atomic E-state index is 0.160. The number of carbonyl (C=O) groups excluding carboxylic acids is 1. The summed E-state index contributed by atoms with van der Waals surface area (Å²) in [4.78, 5) is 12.7. The predicted molar refractivity (Wildman–Crippen MR) is 122 cm³/mol. The number of amides is 1. The van der Waals surface area contributed by atoms with Crippen molar-refractivity contribution in [1.29, 1.82) is 0 Å². The van der Waals surface area contributed by atoms with E-state index in [2.05, 4.69) is 22.7 Å². The number of ether oxygens (including phenoxy) is 1. The van der Waals surface area contributed by atoms with Gasteiger partial charge in [-0.15, -0.1) is 0 Å². The van der Waals surface area contributed by atoms with Crippen LogP contribution in [0.5, 0.6) is 5.75 Å². The van der Waals surface area contributed by atoms with Gasteiger partial charge in [-0.1, -0.05) is 19.8 Å². The number of aryl methyl sites for hydroxylation is 1. The van der Waals surface area contributed by atoms with Gasteiger partial charge in [0.15, 0.2) is 11.5 Å². The summed E-state index contributed by atoms with van der Waals surface area (Å²) in [5, 5.41) is 10.5. The minimum atomic E-state index is -0.612. The van der Waals surface area contributed by atoms with Crippen LogP contribution in [0.15, 0.2) is 18.2 Å². The number of aromatic nitrogens is 2. The first kappa shape index (κ1) is 23.1. The van der Waals surface area contributed by atoms with Gasteiger partial charge in [0.1, 0.15) is 11.4 Å². The van der Waals surface area contributed by atoms with Crippen LogP contribution >= 0.6 is 0 Å². The molecule has 1 fully saturated rings. The summed E-state index contributed by atoms with van der Waals surface area (Å²) in [7, 11) is 1.56. The third kappa shape index (κ3) is 5.38. The van der Waals surface area contributed by atoms with E-state index in [9.17, 15) is 4.79 Å². The van der Waals surface area contributed by atoms with Crippen molar-refractivity contribution in [2.75, 3.05) is 19.0 Å². The lowest BCUT2D eigenvalue weighted by atomic mass is 9.83. The number of nitrogens with zero attached hydrogens (tertiary/aromatic N) is 2. The Morgan fingerprint density at radius 3 is 2.61 bits per heavy atom. The standard InChI is InChI=1S/C24H35FN4O2/c1-6-29-23(19-12-11-18(27-15(2)3)13-20(19)31-5)21(25)22(28-29)24(30)26-14-17-9-7-16(4)8-10-17/h11-13,15-17,27H,6-10,14H2,1-5H3,(H,26,30). The molecular weight excluding hydrogens is 395 g/mol. The van der Waals surface area contributed by atoms with Gasteiger partial charge in [0.25, 0.3) is 5.91 Å². The largest absolute Gasteiger partial charge is 0.496 e. The van der Waals surface area contributed by atoms with E-state index in [1.165, 1.54) is 17.5 Å². The molecule has 170 valence electrons. The van der Waals surface area contributed by atoms with E-state index < -0.39 is 11.7 Å². The number of benzene rings is 1. The lowest BCUT2D eigenvalue weighted by Crippen LogP contribution is -2.31. The van der Waals surface area contributed by atoms with E-state index in [4.69, 9.17) is 4.74 Å². The molecule has 6 nitrogen and oxygen atoms in total. The van der Waals surface area contributed by atoms with Gasteiger partial charge in [0.05, 0.1) is 7.11 Å². The van der Waals surface area contributed by atoms with Gasteiger partial charge < -0.3 is 15.4 Å². The molecule has 1 aromatic heterocycles. The highest BCUT2D eigenvalue weighted by atomic mass is 19.1. The Morgan fingerprint density at radius 1 is 1.29 bits per heavy atom. The molecule has 1 aliphatic carbocycles. The monoisotopic (exact) mass is 430 g/mol. The summed E-state index contributed by atoms with van der Waals surface area (Å²) < 4.78 is 22.5. The molecule has 0 bridgehead atoms. The van der Waals surface area contributed by atoms with Gasteiger partial charge in [-0.3, -0.25) is 9.48 Å². The number of carbonyl (C=O) groups is 1. The molecule has 7 heteroatoms. The van der Waals surface area contributed by atoms with Crippen LogP contribution in [0.2, 0.25) is 0 Å². The number of halogens is 1. The topological polar surface area (TPSA) is 68.2 Å². The van der Waals surface area contributed by atoms with Crippen molar-refractivity contribution >= 4 is 11.6 Å². The van der Waals surface area contributed by atoms with Crippen LogP contribution in [-0.4, -0.2) is 35.4 Å². The Labute approximate surface area is 184 Å². The Balaban J connectivity index is 1.83. The van der Waals surface area contributed by atoms with Crippen LogP contribution in [0.1, 0.15) is 63.9 Å². The van der Waals surface area contributed by atoms with Crippen molar-refractivity contribution in [2.45, 2.75) is 66.0 Å². The second kappa shape index (κ2) is 10.2. The molecule has 1 saturated carbocycles. The fourth-order valence-corrected chi connectivity index (χ4v) is 4.24. The molecule has 2 N–H and O–H groups in total. The summed E-state index contributed by atoms with van der Waals surface area (Å²) in [6.45, 7) is 9.24. The molecule has 0 unspecified atom stereocenters. The molecule has 0 atom stereocenters.